The maximum atomic E-state index is 12.0. The monoisotopic (exact) mass is 314 g/mol. The summed E-state index contributed by atoms with van der Waals surface area (Å²) >= 11 is 0. The quantitative estimate of drug-likeness (QED) is 0.785. The van der Waals surface area contributed by atoms with E-state index in [0.717, 1.165) is 39.1 Å². The standard InChI is InChI=1S/C17H34N2O3/c1-13(2)15(12-21-6)18-9-7-14-8-10-19(11-14)16(20)22-17(3,4)5/h13-15,18H,7-12H2,1-6H3. The lowest BCUT2D eigenvalue weighted by molar-refractivity contribution is 0.0287. The largest absolute Gasteiger partial charge is 0.444 e. The first-order valence-corrected chi connectivity index (χ1v) is 8.43. The summed E-state index contributed by atoms with van der Waals surface area (Å²) in [4.78, 5) is 13.9. The maximum absolute atomic E-state index is 12.0. The van der Waals surface area contributed by atoms with Crippen LogP contribution in [0.15, 0.2) is 0 Å². The van der Waals surface area contributed by atoms with Crippen molar-refractivity contribution in [2.45, 2.75) is 59.1 Å². The number of rotatable bonds is 7. The van der Waals surface area contributed by atoms with Gasteiger partial charge in [0.15, 0.2) is 0 Å². The third-order valence-electron chi connectivity index (χ3n) is 4.05. The molecule has 1 amide bonds. The summed E-state index contributed by atoms with van der Waals surface area (Å²) in [5.41, 5.74) is -0.415. The minimum Gasteiger partial charge on any atom is -0.444 e. The van der Waals surface area contributed by atoms with Gasteiger partial charge in [-0.05, 0) is 52.0 Å². The third kappa shape index (κ3) is 6.97. The van der Waals surface area contributed by atoms with Crippen LogP contribution in [-0.4, -0.2) is 56.0 Å². The average molecular weight is 314 g/mol. The van der Waals surface area contributed by atoms with Gasteiger partial charge in [0.1, 0.15) is 5.60 Å². The molecule has 0 radical (unpaired) electrons. The van der Waals surface area contributed by atoms with E-state index in [-0.39, 0.29) is 6.09 Å². The lowest BCUT2D eigenvalue weighted by Gasteiger charge is -2.25. The number of hydrogen-bond donors (Lipinski definition) is 1. The highest BCUT2D eigenvalue weighted by Gasteiger charge is 2.29. The SMILES string of the molecule is COCC(NCCC1CCN(C(=O)OC(C)(C)C)C1)C(C)C. The maximum Gasteiger partial charge on any atom is 0.410 e. The van der Waals surface area contributed by atoms with E-state index in [9.17, 15) is 4.79 Å². The molecule has 0 aromatic heterocycles. The molecule has 2 atom stereocenters. The average Bonchev–Trinajstić information content (AvgIpc) is 2.84. The third-order valence-corrected chi connectivity index (χ3v) is 4.05. The molecule has 0 aromatic carbocycles. The number of methoxy groups -OCH3 is 1. The molecule has 0 aromatic rings. The highest BCUT2D eigenvalue weighted by atomic mass is 16.6. The van der Waals surface area contributed by atoms with E-state index in [2.05, 4.69) is 19.2 Å². The van der Waals surface area contributed by atoms with Crippen LogP contribution in [0.2, 0.25) is 0 Å². The Bertz CT molecular complexity index is 339. The minimum atomic E-state index is -0.415. The first kappa shape index (κ1) is 19.2. The van der Waals surface area contributed by atoms with Crippen molar-refractivity contribution in [3.8, 4) is 0 Å². The number of ether oxygens (including phenoxy) is 2. The van der Waals surface area contributed by atoms with E-state index in [0.29, 0.717) is 17.9 Å². The van der Waals surface area contributed by atoms with Crippen LogP contribution in [0, 0.1) is 11.8 Å². The Balaban J connectivity index is 2.28. The Labute approximate surface area is 135 Å². The second-order valence-corrected chi connectivity index (χ2v) is 7.63. The fourth-order valence-electron chi connectivity index (χ4n) is 2.70. The summed E-state index contributed by atoms with van der Waals surface area (Å²) < 4.78 is 10.7. The predicted molar refractivity (Wildman–Crippen MR) is 89.0 cm³/mol. The van der Waals surface area contributed by atoms with Gasteiger partial charge in [0.25, 0.3) is 0 Å². The molecule has 0 bridgehead atoms. The van der Waals surface area contributed by atoms with Gasteiger partial charge in [-0.15, -0.1) is 0 Å². The van der Waals surface area contributed by atoms with E-state index in [4.69, 9.17) is 9.47 Å². The second kappa shape index (κ2) is 8.73. The van der Waals surface area contributed by atoms with Crippen LogP contribution in [-0.2, 0) is 9.47 Å². The van der Waals surface area contributed by atoms with Crippen molar-refractivity contribution >= 4 is 6.09 Å². The lowest BCUT2D eigenvalue weighted by Crippen LogP contribution is -2.39. The van der Waals surface area contributed by atoms with Crippen molar-refractivity contribution in [2.24, 2.45) is 11.8 Å². The number of carbonyl (C=O) groups is 1. The van der Waals surface area contributed by atoms with Gasteiger partial charge < -0.3 is 19.7 Å². The summed E-state index contributed by atoms with van der Waals surface area (Å²) in [7, 11) is 1.74. The smallest absolute Gasteiger partial charge is 0.410 e. The van der Waals surface area contributed by atoms with Crippen molar-refractivity contribution in [1.82, 2.24) is 10.2 Å². The van der Waals surface area contributed by atoms with Gasteiger partial charge in [0.05, 0.1) is 6.61 Å². The van der Waals surface area contributed by atoms with Crippen LogP contribution in [0.25, 0.3) is 0 Å². The van der Waals surface area contributed by atoms with Gasteiger partial charge in [-0.3, -0.25) is 0 Å². The molecule has 22 heavy (non-hydrogen) atoms. The van der Waals surface area contributed by atoms with Crippen LogP contribution >= 0.6 is 0 Å². The van der Waals surface area contributed by atoms with E-state index >= 15 is 0 Å². The van der Waals surface area contributed by atoms with Gasteiger partial charge in [-0.1, -0.05) is 13.8 Å². The molecule has 1 saturated heterocycles. The first-order valence-electron chi connectivity index (χ1n) is 8.43. The molecule has 0 spiro atoms. The first-order chi connectivity index (χ1) is 10.2. The van der Waals surface area contributed by atoms with E-state index in [1.54, 1.807) is 7.11 Å². The van der Waals surface area contributed by atoms with Gasteiger partial charge in [0.2, 0.25) is 0 Å². The Hall–Kier alpha value is -0.810. The summed E-state index contributed by atoms with van der Waals surface area (Å²) in [5, 5.41) is 3.57. The predicted octanol–water partition coefficient (Wildman–Crippen LogP) is 2.89. The Morgan fingerprint density at radius 3 is 2.59 bits per heavy atom. The topological polar surface area (TPSA) is 50.8 Å². The molecule has 5 heteroatoms. The molecule has 1 aliphatic rings. The normalized spacial score (nSPS) is 20.5. The molecule has 2 unspecified atom stereocenters. The number of hydrogen-bond acceptors (Lipinski definition) is 4. The molecule has 130 valence electrons. The zero-order valence-electron chi connectivity index (χ0n) is 15.1. The molecule has 1 fully saturated rings. The van der Waals surface area contributed by atoms with Crippen LogP contribution in [0.1, 0.15) is 47.5 Å². The van der Waals surface area contributed by atoms with Gasteiger partial charge >= 0.3 is 6.09 Å². The van der Waals surface area contributed by atoms with Crippen molar-refractivity contribution in [1.29, 1.82) is 0 Å². The van der Waals surface area contributed by atoms with Crippen LogP contribution in [0.3, 0.4) is 0 Å². The number of carbonyl (C=O) groups excluding carboxylic acids is 1. The van der Waals surface area contributed by atoms with Crippen LogP contribution in [0.5, 0.6) is 0 Å². The highest BCUT2D eigenvalue weighted by Crippen LogP contribution is 2.21. The number of amides is 1. The van der Waals surface area contributed by atoms with Crippen molar-refractivity contribution < 1.29 is 14.3 Å². The summed E-state index contributed by atoms with van der Waals surface area (Å²) in [6.07, 6.45) is 1.98. The summed E-state index contributed by atoms with van der Waals surface area (Å²) in [6, 6.07) is 0.397. The van der Waals surface area contributed by atoms with Crippen molar-refractivity contribution in [3.63, 3.8) is 0 Å². The molecule has 1 heterocycles. The number of likely N-dealkylation sites (tertiary alicyclic amines) is 1. The fourth-order valence-corrected chi connectivity index (χ4v) is 2.70. The van der Waals surface area contributed by atoms with Crippen LogP contribution in [0.4, 0.5) is 4.79 Å². The van der Waals surface area contributed by atoms with Gasteiger partial charge in [0, 0.05) is 26.2 Å². The van der Waals surface area contributed by atoms with E-state index in [1.807, 2.05) is 25.7 Å². The van der Waals surface area contributed by atoms with Gasteiger partial charge in [-0.2, -0.15) is 0 Å². The molecular weight excluding hydrogens is 280 g/mol. The van der Waals surface area contributed by atoms with Gasteiger partial charge in [-0.25, -0.2) is 4.79 Å². The second-order valence-electron chi connectivity index (χ2n) is 7.63. The molecule has 1 rings (SSSR count). The molecule has 1 aliphatic heterocycles. The van der Waals surface area contributed by atoms with Crippen molar-refractivity contribution in [3.05, 3.63) is 0 Å². The fraction of sp³-hybridized carbons (Fsp3) is 0.941. The lowest BCUT2D eigenvalue weighted by atomic mass is 10.0. The molecule has 5 nitrogen and oxygen atoms in total. The minimum absolute atomic E-state index is 0.178. The Morgan fingerprint density at radius 2 is 2.05 bits per heavy atom. The van der Waals surface area contributed by atoms with Crippen molar-refractivity contribution in [2.75, 3.05) is 33.4 Å². The molecule has 0 aliphatic carbocycles. The zero-order chi connectivity index (χ0) is 16.8. The highest BCUT2D eigenvalue weighted by molar-refractivity contribution is 5.68. The number of nitrogens with one attached hydrogen (secondary N) is 1. The molecule has 0 saturated carbocycles. The summed E-state index contributed by atoms with van der Waals surface area (Å²) in [6.45, 7) is 13.5. The van der Waals surface area contributed by atoms with E-state index < -0.39 is 5.60 Å². The zero-order valence-corrected chi connectivity index (χ0v) is 15.1. The van der Waals surface area contributed by atoms with E-state index in [1.165, 1.54) is 0 Å². The molecular formula is C17H34N2O3. The Morgan fingerprint density at radius 1 is 1.36 bits per heavy atom. The molecule has 1 N–H and O–H groups in total. The Kier molecular flexibility index (Phi) is 7.63. The van der Waals surface area contributed by atoms with Crippen LogP contribution < -0.4 is 5.32 Å². The summed E-state index contributed by atoms with van der Waals surface area (Å²) in [5.74, 6) is 1.12. The number of nitrogens with zero attached hydrogens (tertiary/aromatic N) is 1.